The predicted molar refractivity (Wildman–Crippen MR) is 60.0 cm³/mol. The number of primary amides is 1. The van der Waals surface area contributed by atoms with E-state index in [0.29, 0.717) is 11.3 Å². The van der Waals surface area contributed by atoms with Gasteiger partial charge in [0.15, 0.2) is 0 Å². The first-order valence-electron chi connectivity index (χ1n) is 4.99. The van der Waals surface area contributed by atoms with Gasteiger partial charge in [-0.05, 0) is 12.1 Å². The Morgan fingerprint density at radius 1 is 1.47 bits per heavy atom. The van der Waals surface area contributed by atoms with Gasteiger partial charge in [-0.25, -0.2) is 4.79 Å². The molecule has 0 unspecified atom stereocenters. The largest absolute Gasteiger partial charge is 0.448 e. The molecule has 0 atom stereocenters. The lowest BCUT2D eigenvalue weighted by Crippen LogP contribution is -2.29. The van der Waals surface area contributed by atoms with Gasteiger partial charge in [0.1, 0.15) is 6.61 Å². The second kappa shape index (κ2) is 6.44. The second-order valence-corrected chi connectivity index (χ2v) is 3.16. The number of rotatable bonds is 5. The molecule has 0 saturated carbocycles. The van der Waals surface area contributed by atoms with Crippen LogP contribution in [0, 0.1) is 0 Å². The third kappa shape index (κ3) is 4.47. The molecule has 1 heterocycles. The molecule has 0 bridgehead atoms. The van der Waals surface area contributed by atoms with E-state index < -0.39 is 6.09 Å². The van der Waals surface area contributed by atoms with Crippen LogP contribution in [-0.4, -0.2) is 30.1 Å². The fraction of sp³-hybridized carbons (Fsp3) is 0.300. The van der Waals surface area contributed by atoms with Crippen LogP contribution in [-0.2, 0) is 11.3 Å². The average molecular weight is 238 g/mol. The average Bonchev–Trinajstić information content (AvgIpc) is 2.34. The smallest absolute Gasteiger partial charge is 0.404 e. The van der Waals surface area contributed by atoms with Crippen LogP contribution in [0.5, 0.6) is 0 Å². The van der Waals surface area contributed by atoms with Gasteiger partial charge in [-0.3, -0.25) is 9.78 Å². The summed E-state index contributed by atoms with van der Waals surface area (Å²) >= 11 is 0. The Morgan fingerprint density at radius 2 is 2.24 bits per heavy atom. The second-order valence-electron chi connectivity index (χ2n) is 3.16. The molecule has 1 aromatic rings. The van der Waals surface area contributed by atoms with Crippen molar-refractivity contribution < 1.29 is 14.3 Å². The molecule has 0 saturated heterocycles. The highest BCUT2D eigenvalue weighted by Crippen LogP contribution is 2.00. The molecule has 0 aliphatic heterocycles. The van der Waals surface area contributed by atoms with Crippen LogP contribution in [0.2, 0.25) is 0 Å². The predicted octanol–water partition coefficient (Wildman–Crippen LogP) is -0.635. The summed E-state index contributed by atoms with van der Waals surface area (Å²) in [5.74, 6) is -0.282. The number of nitrogens with two attached hydrogens (primary N) is 2. The first-order chi connectivity index (χ1) is 8.13. The first-order valence-corrected chi connectivity index (χ1v) is 4.99. The number of nitrogens with zero attached hydrogens (tertiary/aromatic N) is 1. The zero-order valence-corrected chi connectivity index (χ0v) is 9.18. The third-order valence-electron chi connectivity index (χ3n) is 1.92. The van der Waals surface area contributed by atoms with Crippen molar-refractivity contribution in [3.05, 3.63) is 29.6 Å². The lowest BCUT2D eigenvalue weighted by molar-refractivity contribution is 0.0936. The van der Waals surface area contributed by atoms with Crippen molar-refractivity contribution in [1.82, 2.24) is 10.3 Å². The van der Waals surface area contributed by atoms with E-state index in [4.69, 9.17) is 11.5 Å². The molecule has 1 aromatic heterocycles. The minimum Gasteiger partial charge on any atom is -0.448 e. The third-order valence-corrected chi connectivity index (χ3v) is 1.92. The number of pyridine rings is 1. The van der Waals surface area contributed by atoms with E-state index in [2.05, 4.69) is 15.0 Å². The maximum atomic E-state index is 11.6. The molecule has 0 aromatic carbocycles. The Balaban J connectivity index is 2.43. The van der Waals surface area contributed by atoms with Gasteiger partial charge < -0.3 is 21.5 Å². The van der Waals surface area contributed by atoms with Crippen molar-refractivity contribution in [3.8, 4) is 0 Å². The summed E-state index contributed by atoms with van der Waals surface area (Å²) in [7, 11) is 0. The van der Waals surface area contributed by atoms with Crippen LogP contribution in [0.25, 0.3) is 0 Å². The Hall–Kier alpha value is -2.15. The molecule has 7 heteroatoms. The van der Waals surface area contributed by atoms with Gasteiger partial charge in [-0.2, -0.15) is 0 Å². The summed E-state index contributed by atoms with van der Waals surface area (Å²) in [5, 5.41) is 2.57. The van der Waals surface area contributed by atoms with Crippen LogP contribution in [0.15, 0.2) is 18.3 Å². The SMILES string of the molecule is NCc1cc(C(=O)NCCOC(N)=O)ccn1. The van der Waals surface area contributed by atoms with Gasteiger partial charge in [0.05, 0.1) is 12.2 Å². The van der Waals surface area contributed by atoms with Gasteiger partial charge in [-0.15, -0.1) is 0 Å². The quantitative estimate of drug-likeness (QED) is 0.589. The normalized spacial score (nSPS) is 9.71. The molecule has 5 N–H and O–H groups in total. The van der Waals surface area contributed by atoms with Crippen molar-refractivity contribution in [2.45, 2.75) is 6.54 Å². The molecular formula is C10H14N4O3. The van der Waals surface area contributed by atoms with Crippen LogP contribution < -0.4 is 16.8 Å². The number of hydrogen-bond donors (Lipinski definition) is 3. The zero-order valence-electron chi connectivity index (χ0n) is 9.18. The van der Waals surface area contributed by atoms with Gasteiger partial charge in [-0.1, -0.05) is 0 Å². The number of nitrogens with one attached hydrogen (secondary N) is 1. The van der Waals surface area contributed by atoms with Crippen LogP contribution >= 0.6 is 0 Å². The molecule has 0 radical (unpaired) electrons. The van der Waals surface area contributed by atoms with E-state index in [0.717, 1.165) is 0 Å². The number of amides is 2. The summed E-state index contributed by atoms with van der Waals surface area (Å²) in [6.07, 6.45) is 0.644. The summed E-state index contributed by atoms with van der Waals surface area (Å²) in [6.45, 7) is 0.504. The summed E-state index contributed by atoms with van der Waals surface area (Å²) in [5.41, 5.74) is 11.3. The van der Waals surface area contributed by atoms with Crippen molar-refractivity contribution in [2.24, 2.45) is 11.5 Å². The lowest BCUT2D eigenvalue weighted by Gasteiger charge is -2.05. The molecule has 2 amide bonds. The van der Waals surface area contributed by atoms with Crippen LogP contribution in [0.1, 0.15) is 16.1 Å². The van der Waals surface area contributed by atoms with E-state index in [1.54, 1.807) is 12.1 Å². The van der Waals surface area contributed by atoms with Crippen molar-refractivity contribution in [2.75, 3.05) is 13.2 Å². The minimum absolute atomic E-state index is 0.0376. The fourth-order valence-electron chi connectivity index (χ4n) is 1.15. The van der Waals surface area contributed by atoms with Crippen LogP contribution in [0.3, 0.4) is 0 Å². The maximum Gasteiger partial charge on any atom is 0.404 e. The number of aromatic nitrogens is 1. The lowest BCUT2D eigenvalue weighted by atomic mass is 10.2. The first kappa shape index (κ1) is 12.9. The van der Waals surface area contributed by atoms with Crippen molar-refractivity contribution in [3.63, 3.8) is 0 Å². The van der Waals surface area contributed by atoms with Gasteiger partial charge in [0, 0.05) is 18.3 Å². The van der Waals surface area contributed by atoms with Crippen LogP contribution in [0.4, 0.5) is 4.79 Å². The Morgan fingerprint density at radius 3 is 2.88 bits per heavy atom. The summed E-state index contributed by atoms with van der Waals surface area (Å²) < 4.78 is 4.46. The Kier molecular flexibility index (Phi) is 4.89. The van der Waals surface area contributed by atoms with E-state index in [1.165, 1.54) is 6.20 Å². The number of carbonyl (C=O) groups excluding carboxylic acids is 2. The highest BCUT2D eigenvalue weighted by molar-refractivity contribution is 5.94. The van der Waals surface area contributed by atoms with E-state index >= 15 is 0 Å². The monoisotopic (exact) mass is 238 g/mol. The van der Waals surface area contributed by atoms with Gasteiger partial charge >= 0.3 is 6.09 Å². The Bertz CT molecular complexity index is 408. The molecule has 17 heavy (non-hydrogen) atoms. The summed E-state index contributed by atoms with van der Waals surface area (Å²) in [6, 6.07) is 3.17. The molecule has 0 aliphatic rings. The molecule has 1 rings (SSSR count). The number of ether oxygens (including phenoxy) is 1. The van der Waals surface area contributed by atoms with Gasteiger partial charge in [0.2, 0.25) is 0 Å². The highest BCUT2D eigenvalue weighted by atomic mass is 16.5. The topological polar surface area (TPSA) is 120 Å². The standard InChI is InChI=1S/C10H14N4O3/c11-6-8-5-7(1-2-13-8)9(15)14-3-4-17-10(12)16/h1-2,5H,3-4,6,11H2,(H2,12,16)(H,14,15). The molecule has 7 nitrogen and oxygen atoms in total. The van der Waals surface area contributed by atoms with E-state index in [-0.39, 0.29) is 25.6 Å². The van der Waals surface area contributed by atoms with E-state index in [9.17, 15) is 9.59 Å². The summed E-state index contributed by atoms with van der Waals surface area (Å²) in [4.78, 5) is 25.8. The zero-order chi connectivity index (χ0) is 12.7. The van der Waals surface area contributed by atoms with Gasteiger partial charge in [0.25, 0.3) is 5.91 Å². The minimum atomic E-state index is -0.867. The molecular weight excluding hydrogens is 224 g/mol. The van der Waals surface area contributed by atoms with Crippen molar-refractivity contribution in [1.29, 1.82) is 0 Å². The number of carbonyl (C=O) groups is 2. The maximum absolute atomic E-state index is 11.6. The molecule has 0 aliphatic carbocycles. The number of hydrogen-bond acceptors (Lipinski definition) is 5. The van der Waals surface area contributed by atoms with Crippen molar-refractivity contribution >= 4 is 12.0 Å². The van der Waals surface area contributed by atoms with E-state index in [1.807, 2.05) is 0 Å². The highest BCUT2D eigenvalue weighted by Gasteiger charge is 2.05. The molecule has 0 spiro atoms. The molecule has 92 valence electrons. The fourth-order valence-corrected chi connectivity index (χ4v) is 1.15. The Labute approximate surface area is 98.1 Å². The molecule has 0 fully saturated rings.